The number of nitrogens with one attached hydrogen (secondary N) is 1. The van der Waals surface area contributed by atoms with E-state index in [0.717, 1.165) is 24.9 Å². The zero-order chi connectivity index (χ0) is 11.4. The van der Waals surface area contributed by atoms with Crippen molar-refractivity contribution in [3.05, 3.63) is 29.8 Å². The lowest BCUT2D eigenvalue weighted by atomic mass is 9.97. The Morgan fingerprint density at radius 1 is 1.25 bits per heavy atom. The molecule has 0 unspecified atom stereocenters. The molecule has 0 amide bonds. The van der Waals surface area contributed by atoms with Crippen LogP contribution in [0.3, 0.4) is 0 Å². The largest absolute Gasteiger partial charge is 0.297 e. The predicted molar refractivity (Wildman–Crippen MR) is 63.1 cm³/mol. The van der Waals surface area contributed by atoms with Gasteiger partial charge in [-0.15, -0.1) is 0 Å². The SMILES string of the molecule is Cc1ccc(NO[C@H]2CCCCC2=O)cc1. The van der Waals surface area contributed by atoms with E-state index >= 15 is 0 Å². The van der Waals surface area contributed by atoms with E-state index in [1.54, 1.807) is 0 Å². The number of Topliss-reactive ketones (excluding diaryl/α,β-unsaturated/α-hetero) is 1. The lowest BCUT2D eigenvalue weighted by molar-refractivity contribution is -0.131. The van der Waals surface area contributed by atoms with Crippen molar-refractivity contribution >= 4 is 11.5 Å². The molecule has 0 aliphatic heterocycles. The van der Waals surface area contributed by atoms with Crippen molar-refractivity contribution in [1.82, 2.24) is 0 Å². The van der Waals surface area contributed by atoms with Crippen molar-refractivity contribution in [2.24, 2.45) is 0 Å². The van der Waals surface area contributed by atoms with Crippen LogP contribution in [0.25, 0.3) is 0 Å². The average molecular weight is 219 g/mol. The van der Waals surface area contributed by atoms with Crippen LogP contribution in [0.2, 0.25) is 0 Å². The van der Waals surface area contributed by atoms with Gasteiger partial charge in [0.1, 0.15) is 6.10 Å². The first kappa shape index (κ1) is 11.1. The van der Waals surface area contributed by atoms with E-state index in [0.29, 0.717) is 6.42 Å². The van der Waals surface area contributed by atoms with Gasteiger partial charge < -0.3 is 0 Å². The van der Waals surface area contributed by atoms with Crippen LogP contribution >= 0.6 is 0 Å². The van der Waals surface area contributed by atoms with Gasteiger partial charge in [-0.1, -0.05) is 17.7 Å². The molecule has 2 rings (SSSR count). The van der Waals surface area contributed by atoms with Gasteiger partial charge in [-0.25, -0.2) is 0 Å². The van der Waals surface area contributed by atoms with Crippen LogP contribution in [0.1, 0.15) is 31.2 Å². The second-order valence-corrected chi connectivity index (χ2v) is 4.29. The Balaban J connectivity index is 1.86. The fourth-order valence-corrected chi connectivity index (χ4v) is 1.84. The summed E-state index contributed by atoms with van der Waals surface area (Å²) < 4.78 is 0. The molecule has 1 aliphatic carbocycles. The van der Waals surface area contributed by atoms with Crippen LogP contribution < -0.4 is 5.48 Å². The highest BCUT2D eigenvalue weighted by molar-refractivity contribution is 5.83. The molecular weight excluding hydrogens is 202 g/mol. The molecule has 1 saturated carbocycles. The first-order valence-corrected chi connectivity index (χ1v) is 5.77. The quantitative estimate of drug-likeness (QED) is 0.794. The van der Waals surface area contributed by atoms with Crippen LogP contribution in [0, 0.1) is 6.92 Å². The first-order valence-electron chi connectivity index (χ1n) is 5.77. The number of hydrogen-bond donors (Lipinski definition) is 1. The van der Waals surface area contributed by atoms with Crippen molar-refractivity contribution in [2.45, 2.75) is 38.7 Å². The molecule has 0 spiro atoms. The summed E-state index contributed by atoms with van der Waals surface area (Å²) >= 11 is 0. The maximum Gasteiger partial charge on any atom is 0.164 e. The monoisotopic (exact) mass is 219 g/mol. The number of aryl methyl sites for hydroxylation is 1. The fraction of sp³-hybridized carbons (Fsp3) is 0.462. The third-order valence-corrected chi connectivity index (χ3v) is 2.87. The molecule has 1 aromatic carbocycles. The van der Waals surface area contributed by atoms with E-state index in [1.807, 2.05) is 31.2 Å². The molecule has 0 radical (unpaired) electrons. The normalized spacial score (nSPS) is 20.8. The summed E-state index contributed by atoms with van der Waals surface area (Å²) in [5.41, 5.74) is 4.95. The van der Waals surface area contributed by atoms with Crippen LogP contribution in [0.5, 0.6) is 0 Å². The summed E-state index contributed by atoms with van der Waals surface area (Å²) in [6.07, 6.45) is 3.29. The highest BCUT2D eigenvalue weighted by Gasteiger charge is 2.23. The van der Waals surface area contributed by atoms with Crippen LogP contribution in [0.15, 0.2) is 24.3 Å². The van der Waals surface area contributed by atoms with Crippen LogP contribution in [-0.2, 0) is 9.63 Å². The summed E-state index contributed by atoms with van der Waals surface area (Å²) in [4.78, 5) is 16.9. The molecule has 1 aliphatic rings. The van der Waals surface area contributed by atoms with Crippen molar-refractivity contribution in [3.63, 3.8) is 0 Å². The maximum absolute atomic E-state index is 11.5. The van der Waals surface area contributed by atoms with Crippen LogP contribution in [-0.4, -0.2) is 11.9 Å². The summed E-state index contributed by atoms with van der Waals surface area (Å²) in [6, 6.07) is 7.91. The summed E-state index contributed by atoms with van der Waals surface area (Å²) in [7, 11) is 0. The average Bonchev–Trinajstić information content (AvgIpc) is 2.30. The van der Waals surface area contributed by atoms with E-state index in [1.165, 1.54) is 5.56 Å². The highest BCUT2D eigenvalue weighted by atomic mass is 16.7. The molecule has 0 heterocycles. The Kier molecular flexibility index (Phi) is 3.57. The van der Waals surface area contributed by atoms with Crippen molar-refractivity contribution in [1.29, 1.82) is 0 Å². The van der Waals surface area contributed by atoms with Gasteiger partial charge >= 0.3 is 0 Å². The number of carbonyl (C=O) groups is 1. The number of carbonyl (C=O) groups excluding carboxylic acids is 1. The van der Waals surface area contributed by atoms with Gasteiger partial charge in [0.15, 0.2) is 5.78 Å². The minimum Gasteiger partial charge on any atom is -0.297 e. The first-order chi connectivity index (χ1) is 7.75. The molecule has 3 nitrogen and oxygen atoms in total. The molecule has 1 N–H and O–H groups in total. The lowest BCUT2D eigenvalue weighted by Gasteiger charge is -2.20. The molecular formula is C13H17NO2. The standard InChI is InChI=1S/C13H17NO2/c1-10-6-8-11(9-7-10)14-16-13-5-3-2-4-12(13)15/h6-9,13-14H,2-5H2,1H3/t13-/m0/s1. The second-order valence-electron chi connectivity index (χ2n) is 4.29. The second kappa shape index (κ2) is 5.12. The van der Waals surface area contributed by atoms with Crippen molar-refractivity contribution in [3.8, 4) is 0 Å². The van der Waals surface area contributed by atoms with E-state index < -0.39 is 0 Å². The third-order valence-electron chi connectivity index (χ3n) is 2.87. The Morgan fingerprint density at radius 3 is 2.69 bits per heavy atom. The van der Waals surface area contributed by atoms with E-state index in [2.05, 4.69) is 5.48 Å². The maximum atomic E-state index is 11.5. The molecule has 0 aromatic heterocycles. The Morgan fingerprint density at radius 2 is 2.00 bits per heavy atom. The Bertz CT molecular complexity index is 359. The number of hydrogen-bond acceptors (Lipinski definition) is 3. The molecule has 0 bridgehead atoms. The topological polar surface area (TPSA) is 38.3 Å². The Hall–Kier alpha value is -1.35. The summed E-state index contributed by atoms with van der Waals surface area (Å²) in [6.45, 7) is 2.04. The van der Waals surface area contributed by atoms with E-state index in [9.17, 15) is 4.79 Å². The van der Waals surface area contributed by atoms with Gasteiger partial charge in [0, 0.05) is 6.42 Å². The van der Waals surface area contributed by atoms with Gasteiger partial charge in [0.25, 0.3) is 0 Å². The molecule has 1 atom stereocenters. The molecule has 86 valence electrons. The zero-order valence-electron chi connectivity index (χ0n) is 9.53. The molecule has 1 aromatic rings. The molecule has 0 saturated heterocycles. The predicted octanol–water partition coefficient (Wildman–Crippen LogP) is 2.85. The molecule has 3 heteroatoms. The van der Waals surface area contributed by atoms with E-state index in [4.69, 9.17) is 4.84 Å². The van der Waals surface area contributed by atoms with Crippen molar-refractivity contribution in [2.75, 3.05) is 5.48 Å². The number of ketones is 1. The number of benzene rings is 1. The minimum absolute atomic E-state index is 0.214. The van der Waals surface area contributed by atoms with Gasteiger partial charge in [-0.05, 0) is 38.3 Å². The number of anilines is 1. The summed E-state index contributed by atoms with van der Waals surface area (Å²) in [5.74, 6) is 0.214. The van der Waals surface area contributed by atoms with Gasteiger partial charge in [-0.3, -0.25) is 15.1 Å². The Labute approximate surface area is 95.8 Å². The fourth-order valence-electron chi connectivity index (χ4n) is 1.84. The summed E-state index contributed by atoms with van der Waals surface area (Å²) in [5, 5.41) is 0. The lowest BCUT2D eigenvalue weighted by Crippen LogP contribution is -2.29. The minimum atomic E-state index is -0.268. The third kappa shape index (κ3) is 2.83. The van der Waals surface area contributed by atoms with Gasteiger partial charge in [0.05, 0.1) is 5.69 Å². The highest BCUT2D eigenvalue weighted by Crippen LogP contribution is 2.18. The smallest absolute Gasteiger partial charge is 0.164 e. The number of rotatable bonds is 3. The van der Waals surface area contributed by atoms with E-state index in [-0.39, 0.29) is 11.9 Å². The molecule has 16 heavy (non-hydrogen) atoms. The van der Waals surface area contributed by atoms with Gasteiger partial charge in [0.2, 0.25) is 0 Å². The zero-order valence-corrected chi connectivity index (χ0v) is 9.53. The molecule has 1 fully saturated rings. The van der Waals surface area contributed by atoms with Crippen molar-refractivity contribution < 1.29 is 9.63 Å². The van der Waals surface area contributed by atoms with Crippen LogP contribution in [0.4, 0.5) is 5.69 Å². The van der Waals surface area contributed by atoms with Gasteiger partial charge in [-0.2, -0.15) is 0 Å².